The van der Waals surface area contributed by atoms with Crippen LogP contribution < -0.4 is 20.1 Å². The number of benzene rings is 1. The molecule has 5 heteroatoms. The van der Waals surface area contributed by atoms with Crippen molar-refractivity contribution in [1.82, 2.24) is 10.6 Å². The van der Waals surface area contributed by atoms with Crippen LogP contribution >= 0.6 is 0 Å². The van der Waals surface area contributed by atoms with Gasteiger partial charge in [-0.15, -0.1) is 0 Å². The van der Waals surface area contributed by atoms with Crippen LogP contribution in [0.4, 0.5) is 0 Å². The molecule has 1 fully saturated rings. The number of hydrogen-bond donors (Lipinski definition) is 2. The molecule has 104 valence electrons. The molecule has 0 aliphatic carbocycles. The van der Waals surface area contributed by atoms with Crippen molar-refractivity contribution in [2.24, 2.45) is 5.92 Å². The third kappa shape index (κ3) is 4.13. The Kier molecular flexibility index (Phi) is 5.03. The summed E-state index contributed by atoms with van der Waals surface area (Å²) >= 11 is 0. The summed E-state index contributed by atoms with van der Waals surface area (Å²) in [7, 11) is 1.63. The third-order valence-electron chi connectivity index (χ3n) is 3.08. The van der Waals surface area contributed by atoms with Gasteiger partial charge in [0.25, 0.3) is 0 Å². The highest BCUT2D eigenvalue weighted by atomic mass is 16.5. The fourth-order valence-electron chi connectivity index (χ4n) is 1.78. The second-order valence-corrected chi connectivity index (χ2v) is 4.53. The summed E-state index contributed by atoms with van der Waals surface area (Å²) in [6.45, 7) is 2.83. The third-order valence-corrected chi connectivity index (χ3v) is 3.08. The first-order valence-electron chi connectivity index (χ1n) is 6.55. The van der Waals surface area contributed by atoms with E-state index in [1.54, 1.807) is 7.11 Å². The standard InChI is InChI=1S/C14H20N2O3/c1-18-12-4-2-5-13(8-12)19-7-3-6-16-14(17)11-9-15-10-11/h2,4-5,8,11,15H,3,6-7,9-10H2,1H3,(H,16,17). The zero-order valence-electron chi connectivity index (χ0n) is 11.1. The van der Waals surface area contributed by atoms with Crippen LogP contribution in [-0.2, 0) is 4.79 Å². The van der Waals surface area contributed by atoms with Gasteiger partial charge in [-0.05, 0) is 18.6 Å². The molecule has 0 atom stereocenters. The summed E-state index contributed by atoms with van der Waals surface area (Å²) in [5.74, 6) is 1.86. The molecule has 0 saturated carbocycles. The van der Waals surface area contributed by atoms with Crippen molar-refractivity contribution in [2.45, 2.75) is 6.42 Å². The van der Waals surface area contributed by atoms with E-state index in [1.807, 2.05) is 24.3 Å². The first-order chi connectivity index (χ1) is 9.29. The number of hydrogen-bond acceptors (Lipinski definition) is 4. The van der Waals surface area contributed by atoms with Crippen molar-refractivity contribution in [3.8, 4) is 11.5 Å². The zero-order chi connectivity index (χ0) is 13.5. The van der Waals surface area contributed by atoms with E-state index in [0.717, 1.165) is 31.0 Å². The lowest BCUT2D eigenvalue weighted by molar-refractivity contribution is -0.126. The van der Waals surface area contributed by atoms with Crippen molar-refractivity contribution in [3.63, 3.8) is 0 Å². The van der Waals surface area contributed by atoms with Gasteiger partial charge in [0.15, 0.2) is 0 Å². The van der Waals surface area contributed by atoms with Gasteiger partial charge in [-0.2, -0.15) is 0 Å². The summed E-state index contributed by atoms with van der Waals surface area (Å²) in [6, 6.07) is 7.50. The van der Waals surface area contributed by atoms with Crippen LogP contribution in [0.2, 0.25) is 0 Å². The maximum Gasteiger partial charge on any atom is 0.225 e. The minimum atomic E-state index is 0.139. The lowest BCUT2D eigenvalue weighted by Crippen LogP contribution is -2.50. The highest BCUT2D eigenvalue weighted by Crippen LogP contribution is 2.18. The number of nitrogens with one attached hydrogen (secondary N) is 2. The van der Waals surface area contributed by atoms with Crippen molar-refractivity contribution >= 4 is 5.91 Å². The molecule has 1 amide bonds. The van der Waals surface area contributed by atoms with E-state index in [-0.39, 0.29) is 11.8 Å². The van der Waals surface area contributed by atoms with Gasteiger partial charge in [0.05, 0.1) is 19.6 Å². The van der Waals surface area contributed by atoms with Gasteiger partial charge in [0.1, 0.15) is 11.5 Å². The monoisotopic (exact) mass is 264 g/mol. The van der Waals surface area contributed by atoms with Crippen molar-refractivity contribution in [1.29, 1.82) is 0 Å². The number of rotatable bonds is 7. The summed E-state index contributed by atoms with van der Waals surface area (Å²) in [5, 5.41) is 5.99. The molecule has 2 rings (SSSR count). The van der Waals surface area contributed by atoms with Crippen molar-refractivity contribution in [3.05, 3.63) is 24.3 Å². The van der Waals surface area contributed by atoms with Crippen molar-refractivity contribution < 1.29 is 14.3 Å². The second-order valence-electron chi connectivity index (χ2n) is 4.53. The van der Waals surface area contributed by atoms with E-state index in [1.165, 1.54) is 0 Å². The van der Waals surface area contributed by atoms with Crippen LogP contribution in [-0.4, -0.2) is 39.3 Å². The molecule has 0 spiro atoms. The van der Waals surface area contributed by atoms with E-state index in [2.05, 4.69) is 10.6 Å². The summed E-state index contributed by atoms with van der Waals surface area (Å²) < 4.78 is 10.7. The molecule has 1 aromatic rings. The van der Waals surface area contributed by atoms with E-state index >= 15 is 0 Å². The molecule has 1 aromatic carbocycles. The Labute approximate surface area is 113 Å². The predicted molar refractivity (Wildman–Crippen MR) is 72.5 cm³/mol. The van der Waals surface area contributed by atoms with Gasteiger partial charge in [-0.1, -0.05) is 6.07 Å². The lowest BCUT2D eigenvalue weighted by atomic mass is 10.0. The van der Waals surface area contributed by atoms with Crippen LogP contribution in [0, 0.1) is 5.92 Å². The topological polar surface area (TPSA) is 59.6 Å². The first kappa shape index (κ1) is 13.7. The Morgan fingerprint density at radius 2 is 2.21 bits per heavy atom. The smallest absolute Gasteiger partial charge is 0.225 e. The molecular formula is C14H20N2O3. The average molecular weight is 264 g/mol. The van der Waals surface area contributed by atoms with Crippen LogP contribution in [0.3, 0.4) is 0 Å². The highest BCUT2D eigenvalue weighted by Gasteiger charge is 2.23. The number of carbonyl (C=O) groups excluding carboxylic acids is 1. The van der Waals surface area contributed by atoms with Crippen LogP contribution in [0.5, 0.6) is 11.5 Å². The molecule has 0 radical (unpaired) electrons. The number of amides is 1. The second kappa shape index (κ2) is 6.99. The van der Waals surface area contributed by atoms with Gasteiger partial charge < -0.3 is 20.1 Å². The van der Waals surface area contributed by atoms with Gasteiger partial charge >= 0.3 is 0 Å². The number of carbonyl (C=O) groups is 1. The van der Waals surface area contributed by atoms with Crippen molar-refractivity contribution in [2.75, 3.05) is 33.4 Å². The van der Waals surface area contributed by atoms with Gasteiger partial charge in [0.2, 0.25) is 5.91 Å². The summed E-state index contributed by atoms with van der Waals surface area (Å²) in [4.78, 5) is 11.5. The van der Waals surface area contributed by atoms with Crippen LogP contribution in [0.15, 0.2) is 24.3 Å². The molecule has 0 aromatic heterocycles. The maximum atomic E-state index is 11.5. The van der Waals surface area contributed by atoms with E-state index in [0.29, 0.717) is 13.2 Å². The molecule has 1 aliphatic rings. The molecule has 5 nitrogen and oxygen atoms in total. The normalized spacial score (nSPS) is 14.6. The number of methoxy groups -OCH3 is 1. The van der Waals surface area contributed by atoms with E-state index in [9.17, 15) is 4.79 Å². The van der Waals surface area contributed by atoms with E-state index in [4.69, 9.17) is 9.47 Å². The Bertz CT molecular complexity index is 419. The van der Waals surface area contributed by atoms with E-state index < -0.39 is 0 Å². The van der Waals surface area contributed by atoms with Gasteiger partial charge in [-0.25, -0.2) is 0 Å². The summed E-state index contributed by atoms with van der Waals surface area (Å²) in [5.41, 5.74) is 0. The Hall–Kier alpha value is -1.75. The highest BCUT2D eigenvalue weighted by molar-refractivity contribution is 5.79. The predicted octanol–water partition coefficient (Wildman–Crippen LogP) is 0.800. The molecular weight excluding hydrogens is 244 g/mol. The number of ether oxygens (including phenoxy) is 2. The fourth-order valence-corrected chi connectivity index (χ4v) is 1.78. The molecule has 1 saturated heterocycles. The molecule has 2 N–H and O–H groups in total. The quantitative estimate of drug-likeness (QED) is 0.715. The molecule has 0 unspecified atom stereocenters. The molecule has 1 heterocycles. The zero-order valence-corrected chi connectivity index (χ0v) is 11.1. The minimum Gasteiger partial charge on any atom is -0.497 e. The van der Waals surface area contributed by atoms with Gasteiger partial charge in [-0.3, -0.25) is 4.79 Å². The largest absolute Gasteiger partial charge is 0.497 e. The average Bonchev–Trinajstić information content (AvgIpc) is 2.36. The maximum absolute atomic E-state index is 11.5. The van der Waals surface area contributed by atoms with Crippen LogP contribution in [0.25, 0.3) is 0 Å². The van der Waals surface area contributed by atoms with Gasteiger partial charge in [0, 0.05) is 25.7 Å². The summed E-state index contributed by atoms with van der Waals surface area (Å²) in [6.07, 6.45) is 0.795. The first-order valence-corrected chi connectivity index (χ1v) is 6.55. The molecule has 1 aliphatic heterocycles. The Morgan fingerprint density at radius 3 is 2.89 bits per heavy atom. The fraction of sp³-hybridized carbons (Fsp3) is 0.500. The van der Waals surface area contributed by atoms with Crippen LogP contribution in [0.1, 0.15) is 6.42 Å². The molecule has 0 bridgehead atoms. The molecule has 19 heavy (non-hydrogen) atoms. The Balaban J connectivity index is 1.59. The Morgan fingerprint density at radius 1 is 1.42 bits per heavy atom. The lowest BCUT2D eigenvalue weighted by Gasteiger charge is -2.25. The SMILES string of the molecule is COc1cccc(OCCCNC(=O)C2CNC2)c1. The minimum absolute atomic E-state index is 0.139.